The molecule has 0 fully saturated rings. The van der Waals surface area contributed by atoms with Crippen LogP contribution in [0, 0.1) is 0 Å². The molecule has 0 atom stereocenters. The molecule has 0 spiro atoms. The minimum atomic E-state index is -0.0847. The fourth-order valence-corrected chi connectivity index (χ4v) is 6.07. The summed E-state index contributed by atoms with van der Waals surface area (Å²) in [6.07, 6.45) is 4.28. The van der Waals surface area contributed by atoms with Gasteiger partial charge in [-0.05, 0) is 65.4 Å². The Balaban J connectivity index is 1.52. The predicted octanol–water partition coefficient (Wildman–Crippen LogP) is 6.53. The number of methoxy groups -OCH3 is 1. The van der Waals surface area contributed by atoms with Crippen molar-refractivity contribution in [2.45, 2.75) is 32.3 Å². The standard InChI is InChI=1S/C24H20BrClN2O3S/c1-30-18-11-14(10-16(25)21(18)31-12-13-6-2-4-8-17(13)26)22-27-23(29)20-15-7-3-5-9-19(15)32-24(20)28-22/h2,4,6,8,10-11H,3,5,7,9,12H2,1H3,(H,27,28,29). The summed E-state index contributed by atoms with van der Waals surface area (Å²) in [5.74, 6) is 1.61. The molecule has 0 saturated heterocycles. The summed E-state index contributed by atoms with van der Waals surface area (Å²) in [4.78, 5) is 22.8. The van der Waals surface area contributed by atoms with Crippen molar-refractivity contribution in [1.82, 2.24) is 9.97 Å². The van der Waals surface area contributed by atoms with Crippen molar-refractivity contribution in [3.8, 4) is 22.9 Å². The number of ether oxygens (including phenoxy) is 2. The molecule has 1 N–H and O–H groups in total. The molecule has 0 saturated carbocycles. The largest absolute Gasteiger partial charge is 0.493 e. The third kappa shape index (κ3) is 3.93. The molecule has 5 rings (SSSR count). The zero-order valence-corrected chi connectivity index (χ0v) is 20.5. The predicted molar refractivity (Wildman–Crippen MR) is 132 cm³/mol. The molecule has 0 radical (unpaired) electrons. The maximum Gasteiger partial charge on any atom is 0.260 e. The second-order valence-corrected chi connectivity index (χ2v) is 10.0. The third-order valence-corrected chi connectivity index (χ3v) is 7.80. The highest BCUT2D eigenvalue weighted by Crippen LogP contribution is 2.40. The zero-order chi connectivity index (χ0) is 22.2. The average molecular weight is 532 g/mol. The van der Waals surface area contributed by atoms with E-state index in [4.69, 9.17) is 26.1 Å². The average Bonchev–Trinajstić information content (AvgIpc) is 3.17. The summed E-state index contributed by atoms with van der Waals surface area (Å²) >= 11 is 11.5. The second-order valence-electron chi connectivity index (χ2n) is 7.68. The van der Waals surface area contributed by atoms with Crippen molar-refractivity contribution in [1.29, 1.82) is 0 Å². The molecule has 164 valence electrons. The summed E-state index contributed by atoms with van der Waals surface area (Å²) in [5.41, 5.74) is 2.71. The lowest BCUT2D eigenvalue weighted by Gasteiger charge is -2.15. The van der Waals surface area contributed by atoms with E-state index in [9.17, 15) is 4.79 Å². The van der Waals surface area contributed by atoms with Crippen molar-refractivity contribution in [3.63, 3.8) is 0 Å². The molecule has 8 heteroatoms. The monoisotopic (exact) mass is 530 g/mol. The number of aromatic nitrogens is 2. The molecule has 2 aromatic carbocycles. The van der Waals surface area contributed by atoms with Crippen molar-refractivity contribution >= 4 is 49.1 Å². The van der Waals surface area contributed by atoms with E-state index in [0.717, 1.165) is 40.6 Å². The van der Waals surface area contributed by atoms with Gasteiger partial charge in [-0.1, -0.05) is 29.8 Å². The van der Waals surface area contributed by atoms with Crippen LogP contribution in [0.15, 0.2) is 45.7 Å². The van der Waals surface area contributed by atoms with Gasteiger partial charge in [-0.15, -0.1) is 11.3 Å². The maximum absolute atomic E-state index is 12.9. The summed E-state index contributed by atoms with van der Waals surface area (Å²) in [6.45, 7) is 0.301. The molecule has 2 heterocycles. The van der Waals surface area contributed by atoms with Gasteiger partial charge < -0.3 is 14.5 Å². The van der Waals surface area contributed by atoms with Crippen LogP contribution in [0.5, 0.6) is 11.5 Å². The molecule has 32 heavy (non-hydrogen) atoms. The Labute approximate surface area is 202 Å². The highest BCUT2D eigenvalue weighted by Gasteiger charge is 2.21. The van der Waals surface area contributed by atoms with Crippen molar-refractivity contribution < 1.29 is 9.47 Å². The summed E-state index contributed by atoms with van der Waals surface area (Å²) in [5, 5.41) is 1.40. The number of fused-ring (bicyclic) bond motifs is 3. The molecule has 0 aliphatic heterocycles. The number of benzene rings is 2. The first-order valence-electron chi connectivity index (χ1n) is 10.3. The van der Waals surface area contributed by atoms with E-state index < -0.39 is 0 Å². The van der Waals surface area contributed by atoms with Gasteiger partial charge in [0.15, 0.2) is 11.5 Å². The molecule has 2 aromatic heterocycles. The molecule has 5 nitrogen and oxygen atoms in total. The molecule has 1 aliphatic rings. The van der Waals surface area contributed by atoms with Gasteiger partial charge in [-0.25, -0.2) is 4.98 Å². The van der Waals surface area contributed by atoms with Gasteiger partial charge in [0.1, 0.15) is 17.3 Å². The fourth-order valence-electron chi connectivity index (χ4n) is 4.06. The van der Waals surface area contributed by atoms with E-state index in [1.807, 2.05) is 36.4 Å². The number of nitrogens with zero attached hydrogens (tertiary/aromatic N) is 1. The van der Waals surface area contributed by atoms with E-state index in [0.29, 0.717) is 33.4 Å². The van der Waals surface area contributed by atoms with Gasteiger partial charge in [-0.3, -0.25) is 4.79 Å². The Morgan fingerprint density at radius 2 is 2.03 bits per heavy atom. The van der Waals surface area contributed by atoms with Gasteiger partial charge in [0, 0.05) is 21.0 Å². The molecular formula is C24H20BrClN2O3S. The first kappa shape index (κ1) is 21.5. The first-order chi connectivity index (χ1) is 15.5. The molecule has 1 aliphatic carbocycles. The van der Waals surface area contributed by atoms with Crippen LogP contribution in [0.3, 0.4) is 0 Å². The van der Waals surface area contributed by atoms with Crippen LogP contribution < -0.4 is 15.0 Å². The third-order valence-electron chi connectivity index (χ3n) is 5.66. The Hall–Kier alpha value is -2.35. The number of aromatic amines is 1. The highest BCUT2D eigenvalue weighted by molar-refractivity contribution is 9.10. The lowest BCUT2D eigenvalue weighted by atomic mass is 9.97. The summed E-state index contributed by atoms with van der Waals surface area (Å²) in [7, 11) is 1.58. The van der Waals surface area contributed by atoms with Gasteiger partial charge in [0.05, 0.1) is 17.0 Å². The van der Waals surface area contributed by atoms with Crippen LogP contribution in [0.25, 0.3) is 21.6 Å². The van der Waals surface area contributed by atoms with Crippen LogP contribution in [-0.4, -0.2) is 17.1 Å². The maximum atomic E-state index is 12.9. The molecule has 0 unspecified atom stereocenters. The van der Waals surface area contributed by atoms with Gasteiger partial charge in [0.25, 0.3) is 5.56 Å². The quantitative estimate of drug-likeness (QED) is 0.318. The minimum Gasteiger partial charge on any atom is -0.493 e. The van der Waals surface area contributed by atoms with Gasteiger partial charge in [0.2, 0.25) is 0 Å². The Morgan fingerprint density at radius 3 is 2.84 bits per heavy atom. The van der Waals surface area contributed by atoms with Crippen LogP contribution in [0.2, 0.25) is 5.02 Å². The van der Waals surface area contributed by atoms with Crippen molar-refractivity contribution in [2.24, 2.45) is 0 Å². The van der Waals surface area contributed by atoms with E-state index in [2.05, 4.69) is 20.9 Å². The second kappa shape index (κ2) is 8.89. The van der Waals surface area contributed by atoms with Crippen LogP contribution >= 0.6 is 38.9 Å². The number of H-pyrrole nitrogens is 1. The lowest BCUT2D eigenvalue weighted by molar-refractivity contribution is 0.283. The number of nitrogens with one attached hydrogen (secondary N) is 1. The van der Waals surface area contributed by atoms with Crippen molar-refractivity contribution in [2.75, 3.05) is 7.11 Å². The summed E-state index contributed by atoms with van der Waals surface area (Å²) in [6, 6.07) is 11.2. The number of hydrogen-bond acceptors (Lipinski definition) is 5. The highest BCUT2D eigenvalue weighted by atomic mass is 79.9. The number of thiophene rings is 1. The Morgan fingerprint density at radius 1 is 1.22 bits per heavy atom. The smallest absolute Gasteiger partial charge is 0.260 e. The van der Waals surface area contributed by atoms with Crippen LogP contribution in [0.1, 0.15) is 28.8 Å². The molecule has 0 bridgehead atoms. The van der Waals surface area contributed by atoms with Gasteiger partial charge >= 0.3 is 0 Å². The minimum absolute atomic E-state index is 0.0847. The summed E-state index contributed by atoms with van der Waals surface area (Å²) < 4.78 is 12.3. The Kier molecular flexibility index (Phi) is 5.97. The zero-order valence-electron chi connectivity index (χ0n) is 17.3. The van der Waals surface area contributed by atoms with Crippen LogP contribution in [-0.2, 0) is 19.4 Å². The molecular weight excluding hydrogens is 512 g/mol. The number of aryl methyl sites for hydroxylation is 2. The lowest BCUT2D eigenvalue weighted by Crippen LogP contribution is -2.11. The van der Waals surface area contributed by atoms with E-state index in [1.165, 1.54) is 16.9 Å². The number of hydrogen-bond donors (Lipinski definition) is 1. The van der Waals surface area contributed by atoms with E-state index >= 15 is 0 Å². The van der Waals surface area contributed by atoms with E-state index in [-0.39, 0.29) is 5.56 Å². The molecule has 4 aromatic rings. The Bertz CT molecular complexity index is 1380. The normalized spacial score (nSPS) is 13.2. The van der Waals surface area contributed by atoms with Gasteiger partial charge in [-0.2, -0.15) is 0 Å². The van der Waals surface area contributed by atoms with Crippen LogP contribution in [0.4, 0.5) is 0 Å². The van der Waals surface area contributed by atoms with E-state index in [1.54, 1.807) is 18.4 Å². The SMILES string of the molecule is COc1cc(-c2nc3sc4c(c3c(=O)[nH]2)CCCC4)cc(Br)c1OCc1ccccc1Cl. The number of halogens is 2. The number of rotatable bonds is 5. The topological polar surface area (TPSA) is 64.2 Å². The molecule has 0 amide bonds. The first-order valence-corrected chi connectivity index (χ1v) is 12.3. The van der Waals surface area contributed by atoms with Crippen molar-refractivity contribution in [3.05, 3.63) is 72.3 Å². The fraction of sp³-hybridized carbons (Fsp3) is 0.250.